The number of quaternary nitrogens is 1. The summed E-state index contributed by atoms with van der Waals surface area (Å²) in [4.78, 5) is 37.4. The number of carbonyl (C=O) groups is 2. The van der Waals surface area contributed by atoms with Crippen LogP contribution in [0, 0.1) is 0 Å². The molecule has 1 aliphatic heterocycles. The summed E-state index contributed by atoms with van der Waals surface area (Å²) in [5.74, 6) is -0.121. The molecule has 0 spiro atoms. The van der Waals surface area contributed by atoms with Crippen molar-refractivity contribution < 1.29 is 19.3 Å². The molecule has 53 heavy (non-hydrogen) atoms. The van der Waals surface area contributed by atoms with E-state index < -0.39 is 0 Å². The van der Waals surface area contributed by atoms with Gasteiger partial charge in [-0.3, -0.25) is 34.6 Å². The van der Waals surface area contributed by atoms with Crippen LogP contribution in [0.1, 0.15) is 31.8 Å². The van der Waals surface area contributed by atoms with Gasteiger partial charge in [-0.15, -0.1) is 22.8 Å². The molecule has 0 aliphatic carbocycles. The van der Waals surface area contributed by atoms with Crippen molar-refractivity contribution in [3.8, 4) is 11.1 Å². The number of benzene rings is 6. The van der Waals surface area contributed by atoms with Crippen LogP contribution >= 0.6 is 11.6 Å². The Morgan fingerprint density at radius 2 is 1.26 bits per heavy atom. The number of fused-ring (bicyclic) bond motifs is 7. The maximum absolute atomic E-state index is 13.1. The Labute approximate surface area is 311 Å². The summed E-state index contributed by atoms with van der Waals surface area (Å²) in [5, 5.41) is 4.30. The third-order valence-electron chi connectivity index (χ3n) is 9.98. The Bertz CT molecular complexity index is 2520. The van der Waals surface area contributed by atoms with Gasteiger partial charge in [0.1, 0.15) is 11.4 Å². The fourth-order valence-corrected chi connectivity index (χ4v) is 7.50. The lowest BCUT2D eigenvalue weighted by molar-refractivity contribution is 0.000549. The third kappa shape index (κ3) is 6.53. The molecule has 0 fully saturated rings. The molecule has 0 unspecified atom stereocenters. The number of amides is 2. The van der Waals surface area contributed by atoms with Crippen LogP contribution in [0.5, 0.6) is 0 Å². The lowest BCUT2D eigenvalue weighted by atomic mass is 10.0. The first-order valence-corrected chi connectivity index (χ1v) is 17.9. The zero-order valence-corrected chi connectivity index (χ0v) is 30.0. The first kappa shape index (κ1) is 34.5. The van der Waals surface area contributed by atoms with Gasteiger partial charge in [-0.2, -0.15) is 0 Å². The van der Waals surface area contributed by atoms with E-state index in [1.165, 1.54) is 0 Å². The molecule has 4 N–H and O–H groups in total. The van der Waals surface area contributed by atoms with Crippen molar-refractivity contribution in [2.24, 2.45) is 0 Å². The highest BCUT2D eigenvalue weighted by Gasteiger charge is 2.37. The van der Waals surface area contributed by atoms with Crippen LogP contribution in [0.2, 0.25) is 0 Å². The summed E-state index contributed by atoms with van der Waals surface area (Å²) < 4.78 is 2.62. The van der Waals surface area contributed by atoms with Gasteiger partial charge in [0.05, 0.1) is 27.3 Å². The fourth-order valence-electron chi connectivity index (χ4n) is 7.33. The average molecular weight is 726 g/mol. The highest BCUT2D eigenvalue weighted by atomic mass is 35.5. The minimum Gasteiger partial charge on any atom is -0.339 e. The number of carbonyl (C=O) groups excluding carboxylic acids is 2. The van der Waals surface area contributed by atoms with E-state index in [9.17, 15) is 9.59 Å². The van der Waals surface area contributed by atoms with Gasteiger partial charge < -0.3 is 4.57 Å². The Morgan fingerprint density at radius 1 is 0.642 bits per heavy atom. The molecular formula is C42H38ClN6O4+. The Morgan fingerprint density at radius 3 is 2.06 bits per heavy atom. The van der Waals surface area contributed by atoms with E-state index in [-0.39, 0.29) is 25.0 Å². The maximum Gasteiger partial charge on any atom is 0.267 e. The number of hydrogen-bond donors (Lipinski definition) is 4. The van der Waals surface area contributed by atoms with E-state index in [1.807, 2.05) is 72.8 Å². The highest BCUT2D eigenvalue weighted by Crippen LogP contribution is 2.51. The van der Waals surface area contributed by atoms with E-state index >= 15 is 0 Å². The molecule has 1 aliphatic rings. The maximum atomic E-state index is 13.1. The summed E-state index contributed by atoms with van der Waals surface area (Å²) in [6, 6.07) is 39.8. The highest BCUT2D eigenvalue weighted by molar-refractivity contribution is 6.18. The smallest absolute Gasteiger partial charge is 0.267 e. The first-order valence-electron chi connectivity index (χ1n) is 17.3. The predicted octanol–water partition coefficient (Wildman–Crippen LogP) is 7.80. The van der Waals surface area contributed by atoms with Crippen LogP contribution < -0.4 is 26.5 Å². The van der Waals surface area contributed by atoms with Crippen LogP contribution in [0.3, 0.4) is 0 Å². The molecule has 1 aromatic heterocycles. The molecule has 0 atom stereocenters. The van der Waals surface area contributed by atoms with E-state index in [0.29, 0.717) is 28.0 Å². The number of aryl methyl sites for hydroxylation is 1. The monoisotopic (exact) mass is 725 g/mol. The first-order chi connectivity index (χ1) is 25.8. The zero-order valence-electron chi connectivity index (χ0n) is 29.3. The molecule has 266 valence electrons. The fraction of sp³-hybridized carbons (Fsp3) is 0.143. The normalized spacial score (nSPS) is 13.0. The lowest BCUT2D eigenvalue weighted by Crippen LogP contribution is -2.37. The summed E-state index contributed by atoms with van der Waals surface area (Å²) in [6.07, 6.45) is 0. The number of nitrogens with one attached hydrogen (secondary N) is 4. The molecule has 0 bridgehead atoms. The second-order valence-corrected chi connectivity index (χ2v) is 13.8. The molecule has 0 saturated carbocycles. The summed E-state index contributed by atoms with van der Waals surface area (Å²) in [6.45, 7) is 1.18. The van der Waals surface area contributed by atoms with Crippen LogP contribution in [0.15, 0.2) is 121 Å². The zero-order chi connectivity index (χ0) is 36.5. The summed E-state index contributed by atoms with van der Waals surface area (Å²) in [5.41, 5.74) is 19.8. The van der Waals surface area contributed by atoms with E-state index in [1.54, 1.807) is 6.07 Å². The van der Waals surface area contributed by atoms with E-state index in [0.717, 1.165) is 66.2 Å². The Balaban J connectivity index is 0.874. The SMILES string of the molecule is C[N+]1(C)c2cc(CONNC(=O)c3ccc4c(c3)c3ccccc3n4CCCl)ccc2-c2ccc(C(=O)NNOCc3cccc4ccccc34)cc21. The second kappa shape index (κ2) is 14.4. The minimum atomic E-state index is -0.310. The summed E-state index contributed by atoms with van der Waals surface area (Å²) >= 11 is 6.09. The van der Waals surface area contributed by atoms with Gasteiger partial charge in [-0.05, 0) is 64.4 Å². The van der Waals surface area contributed by atoms with Crippen LogP contribution in [-0.4, -0.2) is 36.4 Å². The predicted molar refractivity (Wildman–Crippen MR) is 210 cm³/mol. The summed E-state index contributed by atoms with van der Waals surface area (Å²) in [7, 11) is 4.18. The molecule has 10 nitrogen and oxygen atoms in total. The van der Waals surface area contributed by atoms with Crippen LogP contribution in [0.4, 0.5) is 11.4 Å². The molecule has 7 aromatic rings. The van der Waals surface area contributed by atoms with Gasteiger partial charge in [-0.25, -0.2) is 0 Å². The molecule has 8 rings (SSSR count). The van der Waals surface area contributed by atoms with Gasteiger partial charge in [-0.1, -0.05) is 66.7 Å². The Hall–Kier alpha value is -5.59. The van der Waals surface area contributed by atoms with Crippen LogP contribution in [0.25, 0.3) is 43.7 Å². The number of hydrazine groups is 2. The van der Waals surface area contributed by atoms with Crippen molar-refractivity contribution in [3.05, 3.63) is 144 Å². The van der Waals surface area contributed by atoms with Crippen molar-refractivity contribution in [2.45, 2.75) is 19.8 Å². The van der Waals surface area contributed by atoms with Crippen molar-refractivity contribution >= 4 is 67.4 Å². The average Bonchev–Trinajstić information content (AvgIpc) is 3.62. The van der Waals surface area contributed by atoms with Gasteiger partial charge >= 0.3 is 0 Å². The Kier molecular flexibility index (Phi) is 9.40. The van der Waals surface area contributed by atoms with E-state index in [4.69, 9.17) is 21.3 Å². The molecule has 2 amide bonds. The minimum absolute atomic E-state index is 0.215. The third-order valence-corrected chi connectivity index (χ3v) is 10.1. The van der Waals surface area contributed by atoms with Gasteiger partial charge in [0.25, 0.3) is 11.8 Å². The van der Waals surface area contributed by atoms with Crippen molar-refractivity contribution in [3.63, 3.8) is 0 Å². The number of para-hydroxylation sites is 1. The van der Waals surface area contributed by atoms with Gasteiger partial charge in [0.15, 0.2) is 0 Å². The largest absolute Gasteiger partial charge is 0.339 e. The quantitative estimate of drug-likeness (QED) is 0.0444. The van der Waals surface area contributed by atoms with Gasteiger partial charge in [0.2, 0.25) is 0 Å². The molecule has 0 saturated heterocycles. The molecule has 0 radical (unpaired) electrons. The number of aromatic nitrogens is 1. The van der Waals surface area contributed by atoms with Crippen LogP contribution in [-0.2, 0) is 29.4 Å². The van der Waals surface area contributed by atoms with Crippen molar-refractivity contribution in [2.75, 3.05) is 20.0 Å². The standard InChI is InChI=1S/C42H37ClN6O4/c1-49(2)39-22-27(25-52-46-44-41(50)29-16-19-38-36(23-29)33-12-5-6-13-37(33)48(38)21-20-43)14-17-34(39)35-18-15-30(24-40(35)49)42(51)45-47-53-26-31-10-7-9-28-8-3-4-11-32(28)31/h3-19,22-24,46-47H,20-21,25-26H2,1-2H3,(H-,44,45,50,51)/p+1. The van der Waals surface area contributed by atoms with Crippen molar-refractivity contribution in [1.82, 2.24) is 31.1 Å². The van der Waals surface area contributed by atoms with E-state index in [2.05, 4.69) is 83.2 Å². The lowest BCUT2D eigenvalue weighted by Gasteiger charge is -2.25. The molecule has 6 aromatic carbocycles. The second-order valence-electron chi connectivity index (χ2n) is 13.5. The number of hydrogen-bond acceptors (Lipinski definition) is 6. The van der Waals surface area contributed by atoms with Crippen molar-refractivity contribution in [1.29, 1.82) is 0 Å². The molecular weight excluding hydrogens is 688 g/mol. The number of halogens is 1. The van der Waals surface area contributed by atoms with Gasteiger partial charge in [0, 0.05) is 68.6 Å². The molecule has 2 heterocycles. The topological polar surface area (TPSA) is 106 Å². The molecule has 11 heteroatoms. The number of nitrogens with zero attached hydrogens (tertiary/aromatic N) is 2. The number of rotatable bonds is 12. The number of alkyl halides is 1.